The molecule has 1 heterocycles. The molecule has 0 aromatic rings. The maximum Gasteiger partial charge on any atom is 0.163 e. The molecule has 1 rings (SSSR count). The molecule has 13 heavy (non-hydrogen) atoms. The van der Waals surface area contributed by atoms with Gasteiger partial charge in [0.1, 0.15) is 12.2 Å². The van der Waals surface area contributed by atoms with Crippen molar-refractivity contribution in [3.05, 3.63) is 12.2 Å². The number of rotatable bonds is 3. The Morgan fingerprint density at radius 3 is 2.69 bits per heavy atom. The molecular formula is C9H16O4. The Bertz CT molecular complexity index is 200. The first-order valence-electron chi connectivity index (χ1n) is 4.24. The van der Waals surface area contributed by atoms with Crippen LogP contribution in [-0.2, 0) is 9.47 Å². The average Bonchev–Trinajstić information content (AvgIpc) is 2.43. The lowest BCUT2D eigenvalue weighted by atomic mass is 10.1. The highest BCUT2D eigenvalue weighted by Gasteiger charge is 2.37. The minimum atomic E-state index is -0.855. The van der Waals surface area contributed by atoms with Gasteiger partial charge >= 0.3 is 0 Å². The molecule has 2 atom stereocenters. The van der Waals surface area contributed by atoms with Gasteiger partial charge in [0, 0.05) is 0 Å². The Labute approximate surface area is 77.8 Å². The molecule has 1 unspecified atom stereocenters. The molecule has 1 aliphatic heterocycles. The van der Waals surface area contributed by atoms with Gasteiger partial charge in [0.15, 0.2) is 5.79 Å². The van der Waals surface area contributed by atoms with Gasteiger partial charge in [-0.3, -0.25) is 0 Å². The summed E-state index contributed by atoms with van der Waals surface area (Å²) in [6.07, 6.45) is -1.28. The Hall–Kier alpha value is -0.420. The first-order valence-corrected chi connectivity index (χ1v) is 4.24. The van der Waals surface area contributed by atoms with Crippen LogP contribution in [0.5, 0.6) is 0 Å². The van der Waals surface area contributed by atoms with E-state index in [1.54, 1.807) is 13.8 Å². The highest BCUT2D eigenvalue weighted by molar-refractivity contribution is 5.05. The van der Waals surface area contributed by atoms with E-state index in [0.29, 0.717) is 12.2 Å². The second-order valence-electron chi connectivity index (χ2n) is 3.63. The van der Waals surface area contributed by atoms with Crippen LogP contribution in [0.3, 0.4) is 0 Å². The summed E-state index contributed by atoms with van der Waals surface area (Å²) in [5.41, 5.74) is 0.353. The summed E-state index contributed by atoms with van der Waals surface area (Å²) in [5.74, 6) is -0.651. The number of ether oxygens (including phenoxy) is 2. The molecule has 0 aromatic carbocycles. The molecule has 0 radical (unpaired) electrons. The lowest BCUT2D eigenvalue weighted by molar-refractivity contribution is -0.148. The van der Waals surface area contributed by atoms with Crippen LogP contribution in [-0.4, -0.2) is 41.4 Å². The molecular weight excluding hydrogens is 172 g/mol. The fourth-order valence-electron chi connectivity index (χ4n) is 1.23. The van der Waals surface area contributed by atoms with E-state index in [1.807, 2.05) is 0 Å². The summed E-state index contributed by atoms with van der Waals surface area (Å²) in [4.78, 5) is 0. The minimum Gasteiger partial charge on any atom is -0.392 e. The molecule has 4 heteroatoms. The molecule has 1 aliphatic rings. The van der Waals surface area contributed by atoms with Gasteiger partial charge in [0.25, 0.3) is 0 Å². The zero-order valence-corrected chi connectivity index (χ0v) is 7.99. The summed E-state index contributed by atoms with van der Waals surface area (Å²) >= 11 is 0. The smallest absolute Gasteiger partial charge is 0.163 e. The lowest BCUT2D eigenvalue weighted by Gasteiger charge is -2.20. The summed E-state index contributed by atoms with van der Waals surface area (Å²) in [6.45, 7) is 7.18. The van der Waals surface area contributed by atoms with Crippen LogP contribution in [0.15, 0.2) is 12.2 Å². The van der Waals surface area contributed by atoms with Crippen LogP contribution in [0.2, 0.25) is 0 Å². The van der Waals surface area contributed by atoms with Crippen LogP contribution in [0, 0.1) is 0 Å². The van der Waals surface area contributed by atoms with Crippen LogP contribution in [0.4, 0.5) is 0 Å². The summed E-state index contributed by atoms with van der Waals surface area (Å²) < 4.78 is 10.7. The van der Waals surface area contributed by atoms with E-state index in [9.17, 15) is 5.11 Å². The Morgan fingerprint density at radius 1 is 1.69 bits per heavy atom. The van der Waals surface area contributed by atoms with Crippen molar-refractivity contribution in [3.8, 4) is 0 Å². The highest BCUT2D eigenvalue weighted by atomic mass is 16.7. The molecule has 0 saturated carbocycles. The van der Waals surface area contributed by atoms with E-state index in [4.69, 9.17) is 14.6 Å². The molecule has 0 spiro atoms. The monoisotopic (exact) mass is 188 g/mol. The number of hydrogen-bond donors (Lipinski definition) is 2. The summed E-state index contributed by atoms with van der Waals surface area (Å²) in [6, 6.07) is 0. The van der Waals surface area contributed by atoms with Crippen molar-refractivity contribution in [2.45, 2.75) is 31.8 Å². The molecule has 1 fully saturated rings. The maximum absolute atomic E-state index is 9.59. The standard InChI is InChI=1S/C9H16O4/c1-6(4-10)8(11)7-5-12-9(2,3)13-7/h7-8,10-11H,1,4-5H2,2-3H3/t7-,8?/m1/s1. The predicted molar refractivity (Wildman–Crippen MR) is 47.1 cm³/mol. The summed E-state index contributed by atoms with van der Waals surface area (Å²) in [5, 5.41) is 18.3. The Balaban J connectivity index is 2.51. The van der Waals surface area contributed by atoms with E-state index >= 15 is 0 Å². The van der Waals surface area contributed by atoms with E-state index < -0.39 is 18.0 Å². The quantitative estimate of drug-likeness (QED) is 0.614. The zero-order chi connectivity index (χ0) is 10.1. The van der Waals surface area contributed by atoms with Crippen molar-refractivity contribution in [1.82, 2.24) is 0 Å². The first kappa shape index (κ1) is 10.7. The molecule has 0 bridgehead atoms. The van der Waals surface area contributed by atoms with Gasteiger partial charge in [-0.1, -0.05) is 6.58 Å². The van der Waals surface area contributed by atoms with E-state index in [2.05, 4.69) is 6.58 Å². The van der Waals surface area contributed by atoms with Crippen molar-refractivity contribution in [1.29, 1.82) is 0 Å². The van der Waals surface area contributed by atoms with E-state index in [0.717, 1.165) is 0 Å². The highest BCUT2D eigenvalue weighted by Crippen LogP contribution is 2.25. The Kier molecular flexibility index (Phi) is 3.08. The molecule has 76 valence electrons. The number of aliphatic hydroxyl groups is 2. The van der Waals surface area contributed by atoms with Gasteiger partial charge in [0.2, 0.25) is 0 Å². The van der Waals surface area contributed by atoms with Crippen molar-refractivity contribution >= 4 is 0 Å². The maximum atomic E-state index is 9.59. The zero-order valence-electron chi connectivity index (χ0n) is 7.99. The molecule has 0 aromatic heterocycles. The predicted octanol–water partition coefficient (Wildman–Crippen LogP) is 0.0473. The average molecular weight is 188 g/mol. The topological polar surface area (TPSA) is 58.9 Å². The molecule has 1 saturated heterocycles. The van der Waals surface area contributed by atoms with Crippen LogP contribution in [0.25, 0.3) is 0 Å². The van der Waals surface area contributed by atoms with Gasteiger partial charge in [-0.05, 0) is 19.4 Å². The fraction of sp³-hybridized carbons (Fsp3) is 0.778. The summed E-state index contributed by atoms with van der Waals surface area (Å²) in [7, 11) is 0. The van der Waals surface area contributed by atoms with Crippen LogP contribution in [0.1, 0.15) is 13.8 Å². The van der Waals surface area contributed by atoms with Crippen LogP contribution >= 0.6 is 0 Å². The number of hydrogen-bond acceptors (Lipinski definition) is 4. The van der Waals surface area contributed by atoms with Crippen LogP contribution < -0.4 is 0 Å². The van der Waals surface area contributed by atoms with Gasteiger partial charge < -0.3 is 19.7 Å². The third-order valence-corrected chi connectivity index (χ3v) is 2.00. The Morgan fingerprint density at radius 2 is 2.31 bits per heavy atom. The SMILES string of the molecule is C=C(CO)C(O)[C@H]1COC(C)(C)O1. The third kappa shape index (κ3) is 2.51. The normalized spacial score (nSPS) is 28.8. The number of aliphatic hydroxyl groups excluding tert-OH is 2. The van der Waals surface area contributed by atoms with Gasteiger partial charge in [0.05, 0.1) is 13.2 Å². The van der Waals surface area contributed by atoms with E-state index in [1.165, 1.54) is 0 Å². The first-order chi connectivity index (χ1) is 5.96. The largest absolute Gasteiger partial charge is 0.392 e. The van der Waals surface area contributed by atoms with Crippen molar-refractivity contribution in [3.63, 3.8) is 0 Å². The van der Waals surface area contributed by atoms with Gasteiger partial charge in [-0.25, -0.2) is 0 Å². The van der Waals surface area contributed by atoms with Crippen molar-refractivity contribution in [2.24, 2.45) is 0 Å². The second kappa shape index (κ2) is 3.75. The van der Waals surface area contributed by atoms with Crippen molar-refractivity contribution < 1.29 is 19.7 Å². The second-order valence-corrected chi connectivity index (χ2v) is 3.63. The molecule has 2 N–H and O–H groups in total. The molecule has 4 nitrogen and oxygen atoms in total. The van der Waals surface area contributed by atoms with E-state index in [-0.39, 0.29) is 6.61 Å². The fourth-order valence-corrected chi connectivity index (χ4v) is 1.23. The lowest BCUT2D eigenvalue weighted by Crippen LogP contribution is -2.32. The van der Waals surface area contributed by atoms with Gasteiger partial charge in [-0.15, -0.1) is 0 Å². The van der Waals surface area contributed by atoms with Gasteiger partial charge in [-0.2, -0.15) is 0 Å². The third-order valence-electron chi connectivity index (χ3n) is 2.00. The van der Waals surface area contributed by atoms with Crippen molar-refractivity contribution in [2.75, 3.05) is 13.2 Å². The molecule has 0 aliphatic carbocycles. The molecule has 0 amide bonds. The minimum absolute atomic E-state index is 0.235.